The van der Waals surface area contributed by atoms with E-state index in [4.69, 9.17) is 16.4 Å². The van der Waals surface area contributed by atoms with Gasteiger partial charge in [0.15, 0.2) is 0 Å². The second-order valence-corrected chi connectivity index (χ2v) is 5.61. The van der Waals surface area contributed by atoms with Crippen LogP contribution in [0.25, 0.3) is 0 Å². The molecule has 0 radical (unpaired) electrons. The van der Waals surface area contributed by atoms with E-state index in [0.717, 1.165) is 21.9 Å². The highest BCUT2D eigenvalue weighted by Gasteiger charge is 2.21. The third-order valence-corrected chi connectivity index (χ3v) is 3.92. The smallest absolute Gasteiger partial charge is 0.145 e. The Morgan fingerprint density at radius 2 is 1.95 bits per heavy atom. The molecular formula is C17H16ClFN2O. The molecule has 0 aromatic heterocycles. The molecule has 1 unspecified atom stereocenters. The van der Waals surface area contributed by atoms with E-state index < -0.39 is 0 Å². The Morgan fingerprint density at radius 3 is 2.73 bits per heavy atom. The number of hydrogen-bond donors (Lipinski definition) is 1. The van der Waals surface area contributed by atoms with Crippen molar-refractivity contribution in [1.29, 1.82) is 0 Å². The maximum Gasteiger partial charge on any atom is 0.145 e. The molecule has 1 atom stereocenters. The number of nitrogens with zero attached hydrogens (tertiary/aromatic N) is 1. The van der Waals surface area contributed by atoms with E-state index >= 15 is 0 Å². The van der Waals surface area contributed by atoms with Crippen molar-refractivity contribution in [3.05, 3.63) is 70.5 Å². The lowest BCUT2D eigenvalue weighted by Gasteiger charge is -2.10. The summed E-state index contributed by atoms with van der Waals surface area (Å²) < 4.78 is 12.9. The molecule has 2 aromatic carbocycles. The molecule has 0 amide bonds. The van der Waals surface area contributed by atoms with Gasteiger partial charge in [0, 0.05) is 24.5 Å². The fourth-order valence-corrected chi connectivity index (χ4v) is 2.56. The number of halogens is 2. The number of benzene rings is 2. The van der Waals surface area contributed by atoms with E-state index in [1.807, 2.05) is 24.3 Å². The zero-order valence-electron chi connectivity index (χ0n) is 11.9. The average molecular weight is 319 g/mol. The summed E-state index contributed by atoms with van der Waals surface area (Å²) in [5.74, 6) is -0.249. The van der Waals surface area contributed by atoms with Crippen molar-refractivity contribution in [3.63, 3.8) is 0 Å². The van der Waals surface area contributed by atoms with Crippen LogP contribution in [-0.4, -0.2) is 18.4 Å². The van der Waals surface area contributed by atoms with Crippen molar-refractivity contribution in [2.24, 2.45) is 5.16 Å². The van der Waals surface area contributed by atoms with Crippen molar-refractivity contribution in [2.45, 2.75) is 19.1 Å². The minimum atomic E-state index is -0.249. The second kappa shape index (κ2) is 6.90. The largest absolute Gasteiger partial charge is 0.390 e. The third-order valence-electron chi connectivity index (χ3n) is 3.56. The Bertz CT molecular complexity index is 673. The van der Waals surface area contributed by atoms with E-state index in [2.05, 4.69) is 10.5 Å². The molecule has 1 heterocycles. The number of hydrogen-bond acceptors (Lipinski definition) is 3. The monoisotopic (exact) mass is 318 g/mol. The van der Waals surface area contributed by atoms with Gasteiger partial charge < -0.3 is 10.2 Å². The van der Waals surface area contributed by atoms with Gasteiger partial charge in [-0.25, -0.2) is 4.39 Å². The summed E-state index contributed by atoms with van der Waals surface area (Å²) in [7, 11) is 0. The van der Waals surface area contributed by atoms with E-state index in [-0.39, 0.29) is 11.9 Å². The van der Waals surface area contributed by atoms with Crippen molar-refractivity contribution >= 4 is 17.3 Å². The standard InChI is InChI=1S/C17H16ClFN2O/c18-16-4-2-1-3-13(16)10-20-11-15-9-17(21-22-15)12-5-7-14(19)8-6-12/h1-8,15,20H,9-11H2. The Labute approximate surface area is 133 Å². The van der Waals surface area contributed by atoms with Crippen LogP contribution in [0.4, 0.5) is 4.39 Å². The lowest BCUT2D eigenvalue weighted by Crippen LogP contribution is -2.26. The van der Waals surface area contributed by atoms with Crippen molar-refractivity contribution in [1.82, 2.24) is 5.32 Å². The van der Waals surface area contributed by atoms with Gasteiger partial charge in [-0.2, -0.15) is 0 Å². The zero-order valence-corrected chi connectivity index (χ0v) is 12.7. The Hall–Kier alpha value is -1.91. The van der Waals surface area contributed by atoms with E-state index in [9.17, 15) is 4.39 Å². The summed E-state index contributed by atoms with van der Waals surface area (Å²) in [6.45, 7) is 1.37. The summed E-state index contributed by atoms with van der Waals surface area (Å²) in [5.41, 5.74) is 2.81. The molecule has 5 heteroatoms. The highest BCUT2D eigenvalue weighted by atomic mass is 35.5. The Kier molecular flexibility index (Phi) is 4.71. The number of oxime groups is 1. The molecule has 1 aliphatic heterocycles. The summed E-state index contributed by atoms with van der Waals surface area (Å²) in [4.78, 5) is 5.42. The van der Waals surface area contributed by atoms with E-state index in [0.29, 0.717) is 19.5 Å². The van der Waals surface area contributed by atoms with E-state index in [1.54, 1.807) is 12.1 Å². The number of nitrogens with one attached hydrogen (secondary N) is 1. The van der Waals surface area contributed by atoms with Crippen molar-refractivity contribution in [3.8, 4) is 0 Å². The normalized spacial score (nSPS) is 17.2. The van der Waals surface area contributed by atoms with Crippen LogP contribution in [0.1, 0.15) is 17.5 Å². The molecule has 22 heavy (non-hydrogen) atoms. The maximum atomic E-state index is 12.9. The molecular weight excluding hydrogens is 303 g/mol. The quantitative estimate of drug-likeness (QED) is 0.910. The SMILES string of the molecule is Fc1ccc(C2=NOC(CNCc3ccccc3Cl)C2)cc1. The molecule has 0 spiro atoms. The van der Waals surface area contributed by atoms with Gasteiger partial charge in [-0.3, -0.25) is 0 Å². The van der Waals surface area contributed by atoms with Gasteiger partial charge in [0.05, 0.1) is 5.71 Å². The molecule has 3 rings (SSSR count). The minimum absolute atomic E-state index is 0.0115. The minimum Gasteiger partial charge on any atom is -0.390 e. The van der Waals surface area contributed by atoms with Crippen LogP contribution in [-0.2, 0) is 11.4 Å². The summed E-state index contributed by atoms with van der Waals surface area (Å²) in [6.07, 6.45) is 0.698. The summed E-state index contributed by atoms with van der Waals surface area (Å²) in [6, 6.07) is 14.0. The van der Waals surface area contributed by atoms with Gasteiger partial charge in [0.2, 0.25) is 0 Å². The lowest BCUT2D eigenvalue weighted by atomic mass is 10.1. The van der Waals surface area contributed by atoms with Crippen molar-refractivity contribution < 1.29 is 9.23 Å². The predicted molar refractivity (Wildman–Crippen MR) is 85.6 cm³/mol. The molecule has 0 bridgehead atoms. The second-order valence-electron chi connectivity index (χ2n) is 5.20. The topological polar surface area (TPSA) is 33.6 Å². The third kappa shape index (κ3) is 3.64. The van der Waals surface area contributed by atoms with Crippen molar-refractivity contribution in [2.75, 3.05) is 6.54 Å². The fraction of sp³-hybridized carbons (Fsp3) is 0.235. The molecule has 114 valence electrons. The molecule has 0 saturated heterocycles. The molecule has 0 saturated carbocycles. The Morgan fingerprint density at radius 1 is 1.18 bits per heavy atom. The predicted octanol–water partition coefficient (Wildman–Crippen LogP) is 3.76. The molecule has 3 nitrogen and oxygen atoms in total. The molecule has 0 fully saturated rings. The first-order valence-electron chi connectivity index (χ1n) is 7.15. The molecule has 0 aliphatic carbocycles. The summed E-state index contributed by atoms with van der Waals surface area (Å²) >= 11 is 6.11. The maximum absolute atomic E-state index is 12.9. The van der Waals surface area contributed by atoms with Crippen LogP contribution in [0.2, 0.25) is 5.02 Å². The van der Waals surface area contributed by atoms with Gasteiger partial charge in [-0.15, -0.1) is 0 Å². The highest BCUT2D eigenvalue weighted by Crippen LogP contribution is 2.18. The van der Waals surface area contributed by atoms with Crippen LogP contribution >= 0.6 is 11.6 Å². The van der Waals surface area contributed by atoms with Gasteiger partial charge in [-0.05, 0) is 29.3 Å². The first kappa shape index (κ1) is 15.0. The van der Waals surface area contributed by atoms with Gasteiger partial charge in [-0.1, -0.05) is 47.1 Å². The van der Waals surface area contributed by atoms with Crippen LogP contribution < -0.4 is 5.32 Å². The van der Waals surface area contributed by atoms with Crippen LogP contribution in [0.15, 0.2) is 53.7 Å². The van der Waals surface area contributed by atoms with E-state index in [1.165, 1.54) is 12.1 Å². The first-order chi connectivity index (χ1) is 10.7. The first-order valence-corrected chi connectivity index (χ1v) is 7.53. The highest BCUT2D eigenvalue weighted by molar-refractivity contribution is 6.31. The van der Waals surface area contributed by atoms with Crippen LogP contribution in [0.5, 0.6) is 0 Å². The van der Waals surface area contributed by atoms with Crippen LogP contribution in [0, 0.1) is 5.82 Å². The number of rotatable bonds is 5. The van der Waals surface area contributed by atoms with Gasteiger partial charge >= 0.3 is 0 Å². The molecule has 2 aromatic rings. The Balaban J connectivity index is 1.48. The summed E-state index contributed by atoms with van der Waals surface area (Å²) in [5, 5.41) is 8.17. The zero-order chi connectivity index (χ0) is 15.4. The van der Waals surface area contributed by atoms with Gasteiger partial charge in [0.1, 0.15) is 11.9 Å². The lowest BCUT2D eigenvalue weighted by molar-refractivity contribution is 0.0848. The molecule has 1 aliphatic rings. The van der Waals surface area contributed by atoms with Gasteiger partial charge in [0.25, 0.3) is 0 Å². The molecule has 1 N–H and O–H groups in total. The average Bonchev–Trinajstić information content (AvgIpc) is 2.99. The fourth-order valence-electron chi connectivity index (χ4n) is 2.36. The van der Waals surface area contributed by atoms with Crippen LogP contribution in [0.3, 0.4) is 0 Å².